The summed E-state index contributed by atoms with van der Waals surface area (Å²) in [6.07, 6.45) is 5.27. The Morgan fingerprint density at radius 1 is 1.15 bits per heavy atom. The SMILES string of the molecule is Cc1cnc(Nc2cc(C3CCNCC3)cc(N3CCC(F)(F)C3)n2)cn1. The number of aromatic nitrogens is 3. The second-order valence-electron chi connectivity index (χ2n) is 7.36. The molecule has 27 heavy (non-hydrogen) atoms. The molecule has 2 aliphatic heterocycles. The zero-order chi connectivity index (χ0) is 18.9. The van der Waals surface area contributed by atoms with E-state index in [0.29, 0.717) is 29.9 Å². The molecule has 0 aliphatic carbocycles. The van der Waals surface area contributed by atoms with Crippen LogP contribution in [0.1, 0.15) is 36.4 Å². The number of nitrogens with one attached hydrogen (secondary N) is 2. The maximum Gasteiger partial charge on any atom is 0.266 e. The zero-order valence-electron chi connectivity index (χ0n) is 15.4. The Morgan fingerprint density at radius 3 is 2.63 bits per heavy atom. The lowest BCUT2D eigenvalue weighted by Crippen LogP contribution is -2.28. The number of anilines is 3. The molecule has 6 nitrogen and oxygen atoms in total. The lowest BCUT2D eigenvalue weighted by Gasteiger charge is -2.25. The molecule has 4 heterocycles. The van der Waals surface area contributed by atoms with Crippen LogP contribution in [0.3, 0.4) is 0 Å². The van der Waals surface area contributed by atoms with E-state index in [4.69, 9.17) is 0 Å². The standard InChI is InChI=1S/C19H24F2N6/c1-13-10-24-17(11-23-13)25-16-8-15(14-2-5-22-6-3-14)9-18(26-16)27-7-4-19(20,21)12-27/h8-11,14,22H,2-7,12H2,1H3,(H,24,25,26). The van der Waals surface area contributed by atoms with E-state index in [1.165, 1.54) is 0 Å². The van der Waals surface area contributed by atoms with Gasteiger partial charge in [0.1, 0.15) is 17.5 Å². The molecule has 2 saturated heterocycles. The second kappa shape index (κ2) is 7.34. The van der Waals surface area contributed by atoms with Gasteiger partial charge in [-0.05, 0) is 56.5 Å². The molecule has 2 N–H and O–H groups in total. The average Bonchev–Trinajstić information content (AvgIpc) is 3.04. The minimum atomic E-state index is -2.65. The van der Waals surface area contributed by atoms with E-state index < -0.39 is 5.92 Å². The fourth-order valence-corrected chi connectivity index (χ4v) is 3.67. The fourth-order valence-electron chi connectivity index (χ4n) is 3.67. The highest BCUT2D eigenvalue weighted by atomic mass is 19.3. The summed E-state index contributed by atoms with van der Waals surface area (Å²) in [5.74, 6) is -0.433. The van der Waals surface area contributed by atoms with E-state index in [1.807, 2.05) is 19.1 Å². The van der Waals surface area contributed by atoms with E-state index in [1.54, 1.807) is 17.3 Å². The van der Waals surface area contributed by atoms with Crippen molar-refractivity contribution in [2.75, 3.05) is 36.4 Å². The van der Waals surface area contributed by atoms with Gasteiger partial charge in [-0.1, -0.05) is 0 Å². The average molecular weight is 374 g/mol. The van der Waals surface area contributed by atoms with Crippen LogP contribution < -0.4 is 15.5 Å². The van der Waals surface area contributed by atoms with E-state index in [2.05, 4.69) is 25.6 Å². The number of piperidine rings is 1. The predicted octanol–water partition coefficient (Wildman–Crippen LogP) is 3.24. The Morgan fingerprint density at radius 2 is 1.96 bits per heavy atom. The molecule has 0 unspecified atom stereocenters. The van der Waals surface area contributed by atoms with Gasteiger partial charge in [0.05, 0.1) is 24.6 Å². The highest BCUT2D eigenvalue weighted by molar-refractivity contribution is 5.57. The molecule has 0 spiro atoms. The molecule has 2 fully saturated rings. The molecule has 4 rings (SSSR count). The molecule has 8 heteroatoms. The molecule has 0 atom stereocenters. The van der Waals surface area contributed by atoms with Crippen molar-refractivity contribution < 1.29 is 8.78 Å². The fraction of sp³-hybridized carbons (Fsp3) is 0.526. The Hall–Kier alpha value is -2.35. The first-order chi connectivity index (χ1) is 13.0. The summed E-state index contributed by atoms with van der Waals surface area (Å²) >= 11 is 0. The van der Waals surface area contributed by atoms with Crippen molar-refractivity contribution >= 4 is 17.5 Å². The third-order valence-corrected chi connectivity index (χ3v) is 5.18. The summed E-state index contributed by atoms with van der Waals surface area (Å²) in [5, 5.41) is 6.55. The van der Waals surface area contributed by atoms with Gasteiger partial charge < -0.3 is 15.5 Å². The molecule has 0 aromatic carbocycles. The third kappa shape index (κ3) is 4.32. The number of alkyl halides is 2. The Balaban J connectivity index is 1.64. The summed E-state index contributed by atoms with van der Waals surface area (Å²) in [5.41, 5.74) is 1.97. The molecule has 2 aromatic rings. The minimum absolute atomic E-state index is 0.127. The van der Waals surface area contributed by atoms with Gasteiger partial charge in [0.2, 0.25) is 0 Å². The lowest BCUT2D eigenvalue weighted by molar-refractivity contribution is 0.0256. The van der Waals surface area contributed by atoms with Crippen molar-refractivity contribution in [3.05, 3.63) is 35.8 Å². The summed E-state index contributed by atoms with van der Waals surface area (Å²) < 4.78 is 27.4. The molecule has 0 amide bonds. The minimum Gasteiger partial charge on any atom is -0.350 e. The molecule has 144 valence electrons. The van der Waals surface area contributed by atoms with Crippen LogP contribution in [-0.4, -0.2) is 47.1 Å². The normalized spacial score (nSPS) is 20.0. The molecular formula is C19H24F2N6. The van der Waals surface area contributed by atoms with Crippen LogP contribution in [0.5, 0.6) is 0 Å². The van der Waals surface area contributed by atoms with Gasteiger partial charge >= 0.3 is 0 Å². The first-order valence-electron chi connectivity index (χ1n) is 9.40. The number of aryl methyl sites for hydroxylation is 1. The van der Waals surface area contributed by atoms with E-state index >= 15 is 0 Å². The van der Waals surface area contributed by atoms with Crippen LogP contribution in [-0.2, 0) is 0 Å². The van der Waals surface area contributed by atoms with E-state index in [9.17, 15) is 8.78 Å². The first-order valence-corrected chi connectivity index (χ1v) is 9.40. The van der Waals surface area contributed by atoms with Crippen molar-refractivity contribution in [3.63, 3.8) is 0 Å². The van der Waals surface area contributed by atoms with E-state index in [-0.39, 0.29) is 13.0 Å². The topological polar surface area (TPSA) is 66.0 Å². The van der Waals surface area contributed by atoms with Crippen LogP contribution in [0.2, 0.25) is 0 Å². The molecule has 2 aliphatic rings. The highest BCUT2D eigenvalue weighted by Crippen LogP contribution is 2.34. The van der Waals surface area contributed by atoms with Gasteiger partial charge in [-0.3, -0.25) is 4.98 Å². The first kappa shape index (κ1) is 18.0. The third-order valence-electron chi connectivity index (χ3n) is 5.18. The summed E-state index contributed by atoms with van der Waals surface area (Å²) in [6.45, 7) is 3.85. The van der Waals surface area contributed by atoms with Crippen molar-refractivity contribution in [3.8, 4) is 0 Å². The van der Waals surface area contributed by atoms with Crippen LogP contribution in [0.4, 0.5) is 26.2 Å². The molecule has 2 aromatic heterocycles. The lowest BCUT2D eigenvalue weighted by atomic mass is 9.90. The smallest absolute Gasteiger partial charge is 0.266 e. The summed E-state index contributed by atoms with van der Waals surface area (Å²) in [6, 6.07) is 3.98. The quantitative estimate of drug-likeness (QED) is 0.857. The molecular weight excluding hydrogens is 350 g/mol. The van der Waals surface area contributed by atoms with Crippen LogP contribution in [0.25, 0.3) is 0 Å². The van der Waals surface area contributed by atoms with Crippen LogP contribution in [0.15, 0.2) is 24.5 Å². The van der Waals surface area contributed by atoms with Gasteiger partial charge in [0, 0.05) is 13.0 Å². The number of pyridine rings is 1. The van der Waals surface area contributed by atoms with Crippen molar-refractivity contribution in [1.82, 2.24) is 20.3 Å². The van der Waals surface area contributed by atoms with Gasteiger partial charge in [-0.15, -0.1) is 0 Å². The molecule has 0 bridgehead atoms. The Bertz CT molecular complexity index is 789. The summed E-state index contributed by atoms with van der Waals surface area (Å²) in [4.78, 5) is 14.8. The largest absolute Gasteiger partial charge is 0.350 e. The zero-order valence-corrected chi connectivity index (χ0v) is 15.4. The van der Waals surface area contributed by atoms with E-state index in [0.717, 1.165) is 37.2 Å². The monoisotopic (exact) mass is 374 g/mol. The number of hydrogen-bond donors (Lipinski definition) is 2. The number of nitrogens with zero attached hydrogens (tertiary/aromatic N) is 4. The Kier molecular flexibility index (Phi) is 4.90. The van der Waals surface area contributed by atoms with Gasteiger partial charge in [-0.25, -0.2) is 18.7 Å². The predicted molar refractivity (Wildman–Crippen MR) is 101 cm³/mol. The summed E-state index contributed by atoms with van der Waals surface area (Å²) in [7, 11) is 0. The van der Waals surface area contributed by atoms with Crippen LogP contribution >= 0.6 is 0 Å². The number of hydrogen-bond acceptors (Lipinski definition) is 6. The highest BCUT2D eigenvalue weighted by Gasteiger charge is 2.39. The maximum atomic E-state index is 13.7. The van der Waals surface area contributed by atoms with Crippen LogP contribution in [0, 0.1) is 6.92 Å². The number of halogens is 2. The van der Waals surface area contributed by atoms with Gasteiger partial charge in [0.25, 0.3) is 5.92 Å². The maximum absolute atomic E-state index is 13.7. The van der Waals surface area contributed by atoms with Crippen molar-refractivity contribution in [2.45, 2.75) is 38.0 Å². The second-order valence-corrected chi connectivity index (χ2v) is 7.36. The number of rotatable bonds is 4. The van der Waals surface area contributed by atoms with Gasteiger partial charge in [0.15, 0.2) is 0 Å². The molecule has 0 radical (unpaired) electrons. The van der Waals surface area contributed by atoms with Crippen molar-refractivity contribution in [1.29, 1.82) is 0 Å². The Labute approximate surface area is 157 Å². The van der Waals surface area contributed by atoms with Crippen molar-refractivity contribution in [2.24, 2.45) is 0 Å². The molecule has 0 saturated carbocycles. The van der Waals surface area contributed by atoms with Gasteiger partial charge in [-0.2, -0.15) is 0 Å².